The standard InChI is InChI=1S/C15H25N3O3/c1-10-5-9-18(13(10)14(19)20)15(21)16-11-6-8-17-7-3-2-4-12(11)17/h10-13H,2-9H2,1H3,(H,16,21)(H,19,20). The molecule has 0 bridgehead atoms. The molecule has 0 spiro atoms. The maximum absolute atomic E-state index is 12.5. The Hall–Kier alpha value is -1.30. The molecule has 0 aromatic heterocycles. The van der Waals surface area contributed by atoms with Crippen molar-refractivity contribution >= 4 is 12.0 Å². The quantitative estimate of drug-likeness (QED) is 0.800. The van der Waals surface area contributed by atoms with E-state index in [4.69, 9.17) is 0 Å². The third-order valence-corrected chi connectivity index (χ3v) is 5.38. The van der Waals surface area contributed by atoms with Gasteiger partial charge in [0.25, 0.3) is 0 Å². The van der Waals surface area contributed by atoms with E-state index in [1.54, 1.807) is 0 Å². The van der Waals surface area contributed by atoms with Gasteiger partial charge in [0, 0.05) is 25.2 Å². The van der Waals surface area contributed by atoms with Gasteiger partial charge >= 0.3 is 12.0 Å². The highest BCUT2D eigenvalue weighted by molar-refractivity contribution is 5.83. The van der Waals surface area contributed by atoms with Crippen LogP contribution in [-0.2, 0) is 4.79 Å². The number of nitrogens with zero attached hydrogens (tertiary/aromatic N) is 2. The summed E-state index contributed by atoms with van der Waals surface area (Å²) in [5, 5.41) is 12.4. The van der Waals surface area contributed by atoms with Crippen molar-refractivity contribution < 1.29 is 14.7 Å². The summed E-state index contributed by atoms with van der Waals surface area (Å²) >= 11 is 0. The van der Waals surface area contributed by atoms with Crippen LogP contribution in [0.25, 0.3) is 0 Å². The van der Waals surface area contributed by atoms with Crippen molar-refractivity contribution in [2.75, 3.05) is 19.6 Å². The summed E-state index contributed by atoms with van der Waals surface area (Å²) in [5.41, 5.74) is 0. The lowest BCUT2D eigenvalue weighted by molar-refractivity contribution is -0.142. The van der Waals surface area contributed by atoms with Crippen LogP contribution in [0.5, 0.6) is 0 Å². The number of nitrogens with one attached hydrogen (secondary N) is 1. The number of urea groups is 1. The first-order valence-electron chi connectivity index (χ1n) is 8.12. The minimum Gasteiger partial charge on any atom is -0.480 e. The Balaban J connectivity index is 1.62. The zero-order valence-corrected chi connectivity index (χ0v) is 12.6. The number of likely N-dealkylation sites (tertiary alicyclic amines) is 1. The molecule has 0 saturated carbocycles. The van der Waals surface area contributed by atoms with Crippen LogP contribution in [0.15, 0.2) is 0 Å². The number of hydrogen-bond acceptors (Lipinski definition) is 3. The number of aliphatic carboxylic acids is 1. The Bertz CT molecular complexity index is 428. The first-order chi connectivity index (χ1) is 10.1. The van der Waals surface area contributed by atoms with Crippen molar-refractivity contribution in [3.63, 3.8) is 0 Å². The zero-order chi connectivity index (χ0) is 15.0. The average Bonchev–Trinajstić information content (AvgIpc) is 3.03. The highest BCUT2D eigenvalue weighted by atomic mass is 16.4. The molecule has 3 fully saturated rings. The van der Waals surface area contributed by atoms with E-state index in [-0.39, 0.29) is 18.0 Å². The number of carbonyl (C=O) groups is 2. The minimum atomic E-state index is -0.888. The summed E-state index contributed by atoms with van der Waals surface area (Å²) in [6, 6.07) is -0.229. The molecule has 3 aliphatic heterocycles. The van der Waals surface area contributed by atoms with Crippen LogP contribution in [0.1, 0.15) is 39.0 Å². The molecule has 3 aliphatic rings. The molecular weight excluding hydrogens is 270 g/mol. The van der Waals surface area contributed by atoms with E-state index in [2.05, 4.69) is 10.2 Å². The third kappa shape index (κ3) is 2.73. The molecule has 3 rings (SSSR count). The number of hydrogen-bond donors (Lipinski definition) is 2. The predicted octanol–water partition coefficient (Wildman–Crippen LogP) is 1.12. The first-order valence-corrected chi connectivity index (χ1v) is 8.12. The van der Waals surface area contributed by atoms with Gasteiger partial charge in [-0.15, -0.1) is 0 Å². The van der Waals surface area contributed by atoms with E-state index in [0.29, 0.717) is 12.6 Å². The largest absolute Gasteiger partial charge is 0.480 e. The Morgan fingerprint density at radius 2 is 1.90 bits per heavy atom. The zero-order valence-electron chi connectivity index (χ0n) is 12.6. The van der Waals surface area contributed by atoms with E-state index in [0.717, 1.165) is 32.4 Å². The normalized spacial score (nSPS) is 36.5. The van der Waals surface area contributed by atoms with Gasteiger partial charge in [-0.3, -0.25) is 4.90 Å². The van der Waals surface area contributed by atoms with E-state index in [9.17, 15) is 14.7 Å². The molecule has 2 amide bonds. The van der Waals surface area contributed by atoms with Crippen molar-refractivity contribution in [2.45, 2.75) is 57.2 Å². The van der Waals surface area contributed by atoms with Crippen molar-refractivity contribution in [3.8, 4) is 0 Å². The van der Waals surface area contributed by atoms with Gasteiger partial charge in [0.2, 0.25) is 0 Å². The third-order valence-electron chi connectivity index (χ3n) is 5.38. The van der Waals surface area contributed by atoms with Crippen LogP contribution in [-0.4, -0.2) is 64.7 Å². The van der Waals surface area contributed by atoms with Crippen LogP contribution in [0.4, 0.5) is 4.79 Å². The van der Waals surface area contributed by atoms with E-state index in [1.807, 2.05) is 6.92 Å². The second-order valence-corrected chi connectivity index (χ2v) is 6.69. The van der Waals surface area contributed by atoms with Crippen LogP contribution in [0.2, 0.25) is 0 Å². The summed E-state index contributed by atoms with van der Waals surface area (Å²) in [6.07, 6.45) is 5.37. The molecule has 0 aromatic carbocycles. The second kappa shape index (κ2) is 5.83. The fourth-order valence-corrected chi connectivity index (χ4v) is 4.21. The SMILES string of the molecule is CC1CCN(C(=O)NC2CCN3CCCCC23)C1C(=O)O. The molecule has 0 radical (unpaired) electrons. The smallest absolute Gasteiger partial charge is 0.326 e. The number of carbonyl (C=O) groups excluding carboxylic acids is 1. The number of fused-ring (bicyclic) bond motifs is 1. The van der Waals surface area contributed by atoms with Crippen molar-refractivity contribution in [1.29, 1.82) is 0 Å². The molecule has 118 valence electrons. The summed E-state index contributed by atoms with van der Waals surface area (Å²) in [6.45, 7) is 4.64. The lowest BCUT2D eigenvalue weighted by Crippen LogP contribution is -2.53. The molecule has 4 unspecified atom stereocenters. The summed E-state index contributed by atoms with van der Waals surface area (Å²) < 4.78 is 0. The van der Waals surface area contributed by atoms with Gasteiger partial charge in [-0.1, -0.05) is 13.3 Å². The Morgan fingerprint density at radius 3 is 2.67 bits per heavy atom. The van der Waals surface area contributed by atoms with E-state index >= 15 is 0 Å². The van der Waals surface area contributed by atoms with Crippen molar-refractivity contribution in [1.82, 2.24) is 15.1 Å². The lowest BCUT2D eigenvalue weighted by Gasteiger charge is -2.33. The van der Waals surface area contributed by atoms with Crippen LogP contribution >= 0.6 is 0 Å². The number of amides is 2. The van der Waals surface area contributed by atoms with Crippen molar-refractivity contribution in [3.05, 3.63) is 0 Å². The topological polar surface area (TPSA) is 72.9 Å². The van der Waals surface area contributed by atoms with Gasteiger partial charge < -0.3 is 15.3 Å². The van der Waals surface area contributed by atoms with E-state index in [1.165, 1.54) is 17.7 Å². The van der Waals surface area contributed by atoms with Crippen LogP contribution < -0.4 is 5.32 Å². The average molecular weight is 295 g/mol. The van der Waals surface area contributed by atoms with Crippen LogP contribution in [0, 0.1) is 5.92 Å². The van der Waals surface area contributed by atoms with Gasteiger partial charge in [0.15, 0.2) is 0 Å². The highest BCUT2D eigenvalue weighted by Gasteiger charge is 2.42. The molecule has 3 heterocycles. The molecule has 0 aromatic rings. The Labute approximate surface area is 125 Å². The number of carboxylic acid groups (broad SMARTS) is 1. The second-order valence-electron chi connectivity index (χ2n) is 6.69. The number of carboxylic acids is 1. The van der Waals surface area contributed by atoms with Gasteiger partial charge in [0.1, 0.15) is 6.04 Å². The van der Waals surface area contributed by atoms with Gasteiger partial charge in [0.05, 0.1) is 0 Å². The first kappa shape index (κ1) is 14.6. The summed E-state index contributed by atoms with van der Waals surface area (Å²) in [7, 11) is 0. The maximum Gasteiger partial charge on any atom is 0.326 e. The molecule has 21 heavy (non-hydrogen) atoms. The monoisotopic (exact) mass is 295 g/mol. The minimum absolute atomic E-state index is 0.0306. The molecule has 6 heteroatoms. The summed E-state index contributed by atoms with van der Waals surface area (Å²) in [4.78, 5) is 27.8. The lowest BCUT2D eigenvalue weighted by atomic mass is 9.99. The Morgan fingerprint density at radius 1 is 1.10 bits per heavy atom. The Kier molecular flexibility index (Phi) is 4.06. The van der Waals surface area contributed by atoms with Crippen molar-refractivity contribution in [2.24, 2.45) is 5.92 Å². The van der Waals surface area contributed by atoms with E-state index < -0.39 is 12.0 Å². The molecule has 4 atom stereocenters. The molecule has 2 N–H and O–H groups in total. The van der Waals surface area contributed by atoms with Gasteiger partial charge in [-0.05, 0) is 38.1 Å². The molecular formula is C15H25N3O3. The summed E-state index contributed by atoms with van der Waals surface area (Å²) in [5.74, 6) is -0.858. The molecule has 6 nitrogen and oxygen atoms in total. The van der Waals surface area contributed by atoms with Crippen LogP contribution in [0.3, 0.4) is 0 Å². The maximum atomic E-state index is 12.5. The molecule has 3 saturated heterocycles. The number of rotatable bonds is 2. The highest BCUT2D eigenvalue weighted by Crippen LogP contribution is 2.28. The molecule has 0 aliphatic carbocycles. The fourth-order valence-electron chi connectivity index (χ4n) is 4.21. The van der Waals surface area contributed by atoms with Gasteiger partial charge in [-0.25, -0.2) is 9.59 Å². The number of piperidine rings is 1. The van der Waals surface area contributed by atoms with Gasteiger partial charge in [-0.2, -0.15) is 0 Å². The fraction of sp³-hybridized carbons (Fsp3) is 0.867. The predicted molar refractivity (Wildman–Crippen MR) is 78.1 cm³/mol.